The first-order chi connectivity index (χ1) is 33.1. The highest BCUT2D eigenvalue weighted by atomic mass is 32.1. The molecule has 2 aromatic carbocycles. The van der Waals surface area contributed by atoms with Crippen molar-refractivity contribution < 1.29 is 66.7 Å². The monoisotopic (exact) mass is 967 g/mol. The molecule has 4 aromatic rings. The number of hydrogen-bond donors (Lipinski definition) is 0. The highest BCUT2D eigenvalue weighted by Crippen LogP contribution is 2.43. The van der Waals surface area contributed by atoms with Crippen LogP contribution in [0.1, 0.15) is 77.0 Å². The van der Waals surface area contributed by atoms with Gasteiger partial charge in [-0.25, -0.2) is 14.6 Å². The molecule has 17 heteroatoms. The Hall–Kier alpha value is -6.59. The SMILES string of the molecule is C=CC(=O)OCCCCCOC1=CCC(OC(=O)[C@H]2CC[C@H](C(=O)Oc3ccc(OC(=O)[C@H]4CC[C@H](C(=O)Oc5ccc(OCOC(=O)C=C)cc5)CC4)c4sc(-c5cccs5)nc34)CC2)C=C1. The molecule has 2 heterocycles. The summed E-state index contributed by atoms with van der Waals surface area (Å²) in [6, 6.07) is 13.4. The summed E-state index contributed by atoms with van der Waals surface area (Å²) in [5, 5.41) is 2.63. The van der Waals surface area contributed by atoms with Gasteiger partial charge in [-0.3, -0.25) is 19.2 Å². The average Bonchev–Trinajstić information content (AvgIpc) is 4.08. The second kappa shape index (κ2) is 24.4. The predicted molar refractivity (Wildman–Crippen MR) is 252 cm³/mol. The maximum absolute atomic E-state index is 13.6. The van der Waals surface area contributed by atoms with Gasteiger partial charge >= 0.3 is 35.8 Å². The van der Waals surface area contributed by atoms with Crippen LogP contribution in [0.15, 0.2) is 103 Å². The number of benzene rings is 2. The lowest BCUT2D eigenvalue weighted by atomic mass is 9.82. The van der Waals surface area contributed by atoms with Crippen LogP contribution in [0.25, 0.3) is 20.1 Å². The second-order valence-electron chi connectivity index (χ2n) is 16.5. The van der Waals surface area contributed by atoms with Crippen LogP contribution in [0.5, 0.6) is 23.0 Å². The van der Waals surface area contributed by atoms with Crippen molar-refractivity contribution in [1.29, 1.82) is 0 Å². The Kier molecular flexibility index (Phi) is 17.7. The minimum absolute atomic E-state index is 0.257. The van der Waals surface area contributed by atoms with Gasteiger partial charge in [0.25, 0.3) is 0 Å². The first kappa shape index (κ1) is 49.3. The quantitative estimate of drug-likeness (QED) is 0.0191. The number of hydrogen-bond acceptors (Lipinski definition) is 17. The Labute approximate surface area is 401 Å². The fourth-order valence-electron chi connectivity index (χ4n) is 7.98. The second-order valence-corrected chi connectivity index (χ2v) is 18.4. The summed E-state index contributed by atoms with van der Waals surface area (Å²) in [7, 11) is 0. The van der Waals surface area contributed by atoms with Crippen LogP contribution in [-0.2, 0) is 47.7 Å². The van der Waals surface area contributed by atoms with E-state index in [1.807, 2.05) is 35.7 Å². The lowest BCUT2D eigenvalue weighted by molar-refractivity contribution is -0.155. The smallest absolute Gasteiger partial charge is 0.333 e. The van der Waals surface area contributed by atoms with E-state index in [-0.39, 0.29) is 24.4 Å². The van der Waals surface area contributed by atoms with Crippen LogP contribution in [0.3, 0.4) is 0 Å². The van der Waals surface area contributed by atoms with Crippen molar-refractivity contribution in [2.75, 3.05) is 20.0 Å². The van der Waals surface area contributed by atoms with E-state index >= 15 is 0 Å². The zero-order valence-electron chi connectivity index (χ0n) is 37.5. The van der Waals surface area contributed by atoms with Crippen molar-refractivity contribution >= 4 is 68.7 Å². The fourth-order valence-corrected chi connectivity index (χ4v) is 9.81. The molecular formula is C51H53NO14S2. The molecule has 3 aliphatic rings. The first-order valence-corrected chi connectivity index (χ1v) is 24.4. The molecule has 0 amide bonds. The third-order valence-electron chi connectivity index (χ3n) is 11.8. The Morgan fingerprint density at radius 1 is 0.647 bits per heavy atom. The number of allylic oxidation sites excluding steroid dienone is 1. The number of fused-ring (bicyclic) bond motifs is 1. The normalized spacial score (nSPS) is 19.9. The van der Waals surface area contributed by atoms with Crippen LogP contribution in [0.2, 0.25) is 0 Å². The molecule has 7 rings (SSSR count). The molecule has 0 aliphatic heterocycles. The van der Waals surface area contributed by atoms with E-state index in [4.69, 9.17) is 42.9 Å². The molecular weight excluding hydrogens is 915 g/mol. The van der Waals surface area contributed by atoms with Gasteiger partial charge in [-0.1, -0.05) is 19.2 Å². The van der Waals surface area contributed by atoms with Crippen LogP contribution >= 0.6 is 22.7 Å². The van der Waals surface area contributed by atoms with Crippen molar-refractivity contribution in [3.8, 4) is 32.9 Å². The highest BCUT2D eigenvalue weighted by molar-refractivity contribution is 7.25. The van der Waals surface area contributed by atoms with Crippen LogP contribution in [-0.4, -0.2) is 66.9 Å². The van der Waals surface area contributed by atoms with Gasteiger partial charge in [-0.15, -0.1) is 22.7 Å². The Morgan fingerprint density at radius 2 is 1.24 bits per heavy atom. The molecule has 2 fully saturated rings. The van der Waals surface area contributed by atoms with Crippen LogP contribution < -0.4 is 18.9 Å². The van der Waals surface area contributed by atoms with Gasteiger partial charge in [0.15, 0.2) is 11.5 Å². The van der Waals surface area contributed by atoms with Gasteiger partial charge in [-0.05, 0) is 137 Å². The predicted octanol–water partition coefficient (Wildman–Crippen LogP) is 9.79. The van der Waals surface area contributed by atoms with Gasteiger partial charge in [-0.2, -0.15) is 0 Å². The van der Waals surface area contributed by atoms with E-state index in [9.17, 15) is 28.8 Å². The minimum atomic E-state index is -0.607. The lowest BCUT2D eigenvalue weighted by Crippen LogP contribution is -2.31. The van der Waals surface area contributed by atoms with Crippen molar-refractivity contribution in [3.05, 3.63) is 103 Å². The number of rotatable bonds is 21. The van der Waals surface area contributed by atoms with Gasteiger partial charge in [0.2, 0.25) is 6.79 Å². The maximum atomic E-state index is 13.6. The van der Waals surface area contributed by atoms with Crippen molar-refractivity contribution in [2.45, 2.75) is 83.2 Å². The fraction of sp³-hybridized carbons (Fsp3) is 0.392. The van der Waals surface area contributed by atoms with Gasteiger partial charge in [0.1, 0.15) is 38.6 Å². The molecule has 0 bridgehead atoms. The molecule has 2 aromatic heterocycles. The zero-order valence-corrected chi connectivity index (χ0v) is 39.1. The van der Waals surface area contributed by atoms with Gasteiger partial charge in [0.05, 0.1) is 41.8 Å². The molecule has 0 radical (unpaired) electrons. The number of thiophene rings is 1. The number of unbranched alkanes of at least 4 members (excludes halogenated alkanes) is 2. The van der Waals surface area contributed by atoms with Crippen molar-refractivity contribution in [3.63, 3.8) is 0 Å². The van der Waals surface area contributed by atoms with Crippen molar-refractivity contribution in [1.82, 2.24) is 4.98 Å². The molecule has 0 saturated heterocycles. The molecule has 1 atom stereocenters. The van der Waals surface area contributed by atoms with Gasteiger partial charge in [0, 0.05) is 18.6 Å². The number of carbonyl (C=O) groups excluding carboxylic acids is 6. The number of ether oxygens (including phenoxy) is 8. The van der Waals surface area contributed by atoms with E-state index < -0.39 is 53.7 Å². The third-order valence-corrected chi connectivity index (χ3v) is 13.9. The third kappa shape index (κ3) is 13.8. The molecule has 1 unspecified atom stereocenters. The van der Waals surface area contributed by atoms with Crippen LogP contribution in [0.4, 0.5) is 0 Å². The number of thiazole rings is 1. The summed E-state index contributed by atoms with van der Waals surface area (Å²) < 4.78 is 44.9. The Morgan fingerprint density at radius 3 is 1.85 bits per heavy atom. The largest absolute Gasteiger partial charge is 0.494 e. The maximum Gasteiger partial charge on any atom is 0.333 e. The molecule has 3 aliphatic carbocycles. The van der Waals surface area contributed by atoms with E-state index in [1.54, 1.807) is 36.4 Å². The lowest BCUT2D eigenvalue weighted by Gasteiger charge is -2.27. The number of aromatic nitrogens is 1. The molecule has 15 nitrogen and oxygen atoms in total. The van der Waals surface area contributed by atoms with E-state index in [1.165, 1.54) is 22.7 Å². The van der Waals surface area contributed by atoms with E-state index in [2.05, 4.69) is 13.2 Å². The number of esters is 6. The number of carbonyl (C=O) groups is 6. The van der Waals surface area contributed by atoms with Gasteiger partial charge < -0.3 is 37.9 Å². The molecule has 0 N–H and O–H groups in total. The number of nitrogens with zero attached hydrogens (tertiary/aromatic N) is 1. The van der Waals surface area contributed by atoms with E-state index in [0.29, 0.717) is 103 Å². The summed E-state index contributed by atoms with van der Waals surface area (Å²) in [6.07, 6.45) is 13.9. The minimum Gasteiger partial charge on any atom is -0.494 e. The van der Waals surface area contributed by atoms with E-state index in [0.717, 1.165) is 42.1 Å². The van der Waals surface area contributed by atoms with Crippen molar-refractivity contribution in [2.24, 2.45) is 23.7 Å². The molecule has 2 saturated carbocycles. The summed E-state index contributed by atoms with van der Waals surface area (Å²) in [6.45, 7) is 7.29. The standard InChI is InChI=1S/C51H53NO14S2/c1-3-43(53)60-29-7-5-6-28-59-36-18-22-38(23-19-36)63-48(55)32-10-14-34(15-11-32)50(57)65-40-26-27-41(46-45(40)52-47(68-46)42-9-8-30-67-42)66-51(58)35-16-12-33(13-17-35)49(56)64-39-24-20-37(21-25-39)61-31-62-44(54)4-2/h3-4,8-9,18-22,24-27,30,32-35,38H,1-2,5-7,10-17,23,28-29,31H2/t32-,33-,34-,35-,38?. The zero-order chi connectivity index (χ0) is 47.8. The highest BCUT2D eigenvalue weighted by Gasteiger charge is 2.35. The topological polar surface area (TPSA) is 189 Å². The van der Waals surface area contributed by atoms with Crippen LogP contribution in [0, 0.1) is 23.7 Å². The molecule has 68 heavy (non-hydrogen) atoms. The summed E-state index contributed by atoms with van der Waals surface area (Å²) in [5.41, 5.74) is 0.406. The molecule has 0 spiro atoms. The summed E-state index contributed by atoms with van der Waals surface area (Å²) in [5.74, 6) is -2.07. The first-order valence-electron chi connectivity index (χ1n) is 22.7. The Bertz CT molecular complexity index is 2490. The summed E-state index contributed by atoms with van der Waals surface area (Å²) >= 11 is 2.85. The average molecular weight is 968 g/mol. The molecule has 358 valence electrons. The Balaban J connectivity index is 0.864. The summed E-state index contributed by atoms with van der Waals surface area (Å²) in [4.78, 5) is 81.4.